The van der Waals surface area contributed by atoms with E-state index in [-0.39, 0.29) is 22.9 Å². The lowest BCUT2D eigenvalue weighted by Crippen LogP contribution is -2.50. The van der Waals surface area contributed by atoms with Crippen LogP contribution in [0.4, 0.5) is 0 Å². The van der Waals surface area contributed by atoms with E-state index in [4.69, 9.17) is 10.5 Å². The summed E-state index contributed by atoms with van der Waals surface area (Å²) in [5, 5.41) is 0. The summed E-state index contributed by atoms with van der Waals surface area (Å²) in [5.41, 5.74) is 7.14. The largest absolute Gasteiger partial charge is 0.458 e. The fraction of sp³-hybridized carbons (Fsp3) is 0.818. The third-order valence-electron chi connectivity index (χ3n) is 8.41. The van der Waals surface area contributed by atoms with Gasteiger partial charge in [-0.05, 0) is 74.2 Å². The minimum absolute atomic E-state index is 0.0479. The van der Waals surface area contributed by atoms with Crippen molar-refractivity contribution in [3.63, 3.8) is 0 Å². The van der Waals surface area contributed by atoms with Gasteiger partial charge in [-0.25, -0.2) is 0 Å². The highest BCUT2D eigenvalue weighted by Gasteiger charge is 2.58. The number of Topliss-reactive ketones (excluding diaryl/α,β-unsaturated/α-hetero) is 1. The van der Waals surface area contributed by atoms with E-state index in [1.807, 2.05) is 0 Å². The van der Waals surface area contributed by atoms with E-state index in [0.717, 1.165) is 38.5 Å². The third-order valence-corrected chi connectivity index (χ3v) is 8.41. The second-order valence-electron chi connectivity index (χ2n) is 9.55. The maximum atomic E-state index is 12.5. The van der Waals surface area contributed by atoms with Gasteiger partial charge < -0.3 is 10.5 Å². The average molecular weight is 360 g/mol. The highest BCUT2D eigenvalue weighted by molar-refractivity contribution is 5.87. The van der Waals surface area contributed by atoms with E-state index in [1.54, 1.807) is 0 Å². The number of nitrogens with two attached hydrogens (primary N) is 1. The highest BCUT2D eigenvalue weighted by Crippen LogP contribution is 2.64. The van der Waals surface area contributed by atoms with E-state index in [0.29, 0.717) is 36.5 Å². The summed E-state index contributed by atoms with van der Waals surface area (Å²) in [4.78, 5) is 24.3. The van der Waals surface area contributed by atoms with Crippen LogP contribution in [0.15, 0.2) is 11.6 Å². The molecular formula is C22H33NO3. The first kappa shape index (κ1) is 18.2. The second-order valence-corrected chi connectivity index (χ2v) is 9.55. The van der Waals surface area contributed by atoms with Crippen molar-refractivity contribution >= 4 is 11.8 Å². The van der Waals surface area contributed by atoms with Crippen LogP contribution in [0.25, 0.3) is 0 Å². The number of ketones is 1. The molecule has 0 bridgehead atoms. The van der Waals surface area contributed by atoms with Gasteiger partial charge in [-0.1, -0.05) is 19.4 Å². The fourth-order valence-corrected chi connectivity index (χ4v) is 6.91. The van der Waals surface area contributed by atoms with Crippen molar-refractivity contribution in [3.05, 3.63) is 11.6 Å². The molecule has 6 unspecified atom stereocenters. The Kier molecular flexibility index (Phi) is 4.53. The van der Waals surface area contributed by atoms with Crippen LogP contribution in [0.1, 0.15) is 71.6 Å². The number of fused-ring (bicyclic) bond motifs is 5. The van der Waals surface area contributed by atoms with Crippen LogP contribution in [0.5, 0.6) is 0 Å². The predicted octanol–water partition coefficient (Wildman–Crippen LogP) is 3.78. The average Bonchev–Trinajstić information content (AvgIpc) is 2.91. The van der Waals surface area contributed by atoms with Gasteiger partial charge in [0.25, 0.3) is 0 Å². The zero-order valence-corrected chi connectivity index (χ0v) is 16.3. The zero-order valence-electron chi connectivity index (χ0n) is 16.3. The van der Waals surface area contributed by atoms with Crippen molar-refractivity contribution < 1.29 is 14.3 Å². The Bertz CT molecular complexity index is 641. The first-order chi connectivity index (χ1) is 12.4. The van der Waals surface area contributed by atoms with Crippen LogP contribution in [-0.2, 0) is 14.3 Å². The molecule has 0 amide bonds. The molecule has 3 saturated carbocycles. The molecule has 0 saturated heterocycles. The smallest absolute Gasteiger partial charge is 0.307 e. The molecule has 26 heavy (non-hydrogen) atoms. The quantitative estimate of drug-likeness (QED) is 0.615. The molecule has 0 aromatic carbocycles. The molecular weight excluding hydrogens is 326 g/mol. The molecule has 0 radical (unpaired) electrons. The predicted molar refractivity (Wildman–Crippen MR) is 100 cm³/mol. The van der Waals surface area contributed by atoms with Crippen LogP contribution in [0.3, 0.4) is 0 Å². The van der Waals surface area contributed by atoms with E-state index < -0.39 is 0 Å². The molecule has 6 atom stereocenters. The van der Waals surface area contributed by atoms with Gasteiger partial charge >= 0.3 is 5.97 Å². The summed E-state index contributed by atoms with van der Waals surface area (Å²) in [7, 11) is 0. The highest BCUT2D eigenvalue weighted by atomic mass is 16.5. The van der Waals surface area contributed by atoms with Crippen LogP contribution in [0, 0.1) is 28.6 Å². The number of carbonyl (C=O) groups excluding carboxylic acids is 2. The minimum atomic E-state index is -0.176. The molecule has 2 N–H and O–H groups in total. The van der Waals surface area contributed by atoms with Crippen molar-refractivity contribution in [1.82, 2.24) is 0 Å². The van der Waals surface area contributed by atoms with Gasteiger partial charge in [0.15, 0.2) is 0 Å². The van der Waals surface area contributed by atoms with Crippen molar-refractivity contribution in [3.8, 4) is 0 Å². The standard InChI is InChI=1S/C22H33NO3/c1-21-10-7-15(26-20(25)9-12-23)13-14(21)3-4-16-17-5-6-19(24)22(17,2)11-8-18(16)21/h13,15-18H,3-12,23H2,1-2H3. The Hall–Kier alpha value is -1.16. The summed E-state index contributed by atoms with van der Waals surface area (Å²) >= 11 is 0. The number of hydrogen-bond acceptors (Lipinski definition) is 4. The second kappa shape index (κ2) is 6.47. The van der Waals surface area contributed by atoms with Gasteiger partial charge in [0.05, 0.1) is 6.42 Å². The molecule has 0 spiro atoms. The van der Waals surface area contributed by atoms with Crippen LogP contribution < -0.4 is 5.73 Å². The maximum Gasteiger partial charge on any atom is 0.307 e. The van der Waals surface area contributed by atoms with Crippen molar-refractivity contribution in [2.45, 2.75) is 77.7 Å². The van der Waals surface area contributed by atoms with Gasteiger partial charge in [-0.2, -0.15) is 0 Å². The first-order valence-corrected chi connectivity index (χ1v) is 10.5. The molecule has 0 aliphatic heterocycles. The van der Waals surface area contributed by atoms with Crippen LogP contribution in [-0.4, -0.2) is 24.4 Å². The number of carbonyl (C=O) groups is 2. The lowest BCUT2D eigenvalue weighted by molar-refractivity contribution is -0.148. The summed E-state index contributed by atoms with van der Waals surface area (Å²) in [6, 6.07) is 0. The van der Waals surface area contributed by atoms with E-state index >= 15 is 0 Å². The van der Waals surface area contributed by atoms with Crippen molar-refractivity contribution in [2.75, 3.05) is 6.54 Å². The number of hydrogen-bond donors (Lipinski definition) is 1. The fourth-order valence-electron chi connectivity index (χ4n) is 6.91. The Morgan fingerprint density at radius 1 is 1.12 bits per heavy atom. The summed E-state index contributed by atoms with van der Waals surface area (Å²) in [5.74, 6) is 2.31. The Labute approximate surface area is 156 Å². The molecule has 4 heteroatoms. The maximum absolute atomic E-state index is 12.5. The Morgan fingerprint density at radius 3 is 2.62 bits per heavy atom. The van der Waals surface area contributed by atoms with E-state index in [9.17, 15) is 9.59 Å². The van der Waals surface area contributed by atoms with Gasteiger partial charge in [-0.3, -0.25) is 9.59 Å². The monoisotopic (exact) mass is 359 g/mol. The normalized spacial score (nSPS) is 44.6. The van der Waals surface area contributed by atoms with Crippen LogP contribution in [0.2, 0.25) is 0 Å². The van der Waals surface area contributed by atoms with E-state index in [1.165, 1.54) is 18.4 Å². The summed E-state index contributed by atoms with van der Waals surface area (Å²) in [6.07, 6.45) is 10.9. The van der Waals surface area contributed by atoms with Crippen LogP contribution >= 0.6 is 0 Å². The number of esters is 1. The van der Waals surface area contributed by atoms with Gasteiger partial charge in [0.1, 0.15) is 11.9 Å². The molecule has 4 aliphatic rings. The molecule has 4 aliphatic carbocycles. The molecule has 144 valence electrons. The Morgan fingerprint density at radius 2 is 1.85 bits per heavy atom. The molecule has 4 rings (SSSR count). The van der Waals surface area contributed by atoms with Gasteiger partial charge in [-0.15, -0.1) is 0 Å². The van der Waals surface area contributed by atoms with Gasteiger partial charge in [0, 0.05) is 18.4 Å². The lowest BCUT2D eigenvalue weighted by atomic mass is 9.47. The number of rotatable bonds is 3. The molecule has 0 aromatic heterocycles. The lowest BCUT2D eigenvalue weighted by Gasteiger charge is -2.57. The Balaban J connectivity index is 1.54. The molecule has 0 aromatic rings. The van der Waals surface area contributed by atoms with Crippen molar-refractivity contribution in [1.29, 1.82) is 0 Å². The molecule has 4 nitrogen and oxygen atoms in total. The first-order valence-electron chi connectivity index (χ1n) is 10.5. The molecule has 0 heterocycles. The minimum Gasteiger partial charge on any atom is -0.458 e. The SMILES string of the molecule is CC12CCC3C(CCC4=CC(OC(=O)CCN)CCC43C)C1CCC2=O. The topological polar surface area (TPSA) is 69.4 Å². The van der Waals surface area contributed by atoms with E-state index in [2.05, 4.69) is 19.9 Å². The zero-order chi connectivity index (χ0) is 18.5. The number of allylic oxidation sites excluding steroid dienone is 1. The third kappa shape index (κ3) is 2.67. The van der Waals surface area contributed by atoms with Crippen molar-refractivity contribution in [2.24, 2.45) is 34.3 Å². The summed E-state index contributed by atoms with van der Waals surface area (Å²) in [6.45, 7) is 5.03. The van der Waals surface area contributed by atoms with Gasteiger partial charge in [0.2, 0.25) is 0 Å². The molecule has 3 fully saturated rings. The summed E-state index contributed by atoms with van der Waals surface area (Å²) < 4.78 is 5.62. The number of ether oxygens (including phenoxy) is 1.